The first-order valence-electron chi connectivity index (χ1n) is 7.35. The molecule has 6 heteroatoms. The van der Waals surface area contributed by atoms with Crippen LogP contribution in [0.2, 0.25) is 0 Å². The molecule has 2 atom stereocenters. The van der Waals surface area contributed by atoms with E-state index in [2.05, 4.69) is 0 Å². The molecule has 0 amide bonds. The first-order valence-corrected chi connectivity index (χ1v) is 8.23. The lowest BCUT2D eigenvalue weighted by Gasteiger charge is -2.25. The van der Waals surface area contributed by atoms with E-state index in [9.17, 15) is 14.7 Å². The Morgan fingerprint density at radius 3 is 2.57 bits per heavy atom. The minimum atomic E-state index is -1.38. The summed E-state index contributed by atoms with van der Waals surface area (Å²) in [5.74, 6) is -3.43. The van der Waals surface area contributed by atoms with Crippen LogP contribution in [-0.2, 0) is 20.7 Å². The molecule has 3 N–H and O–H groups in total. The predicted molar refractivity (Wildman–Crippen MR) is 90.5 cm³/mol. The highest BCUT2D eigenvalue weighted by atomic mass is 32.1. The highest BCUT2D eigenvalue weighted by molar-refractivity contribution is 7.17. The van der Waals surface area contributed by atoms with Gasteiger partial charge in [-0.25, -0.2) is 0 Å². The van der Waals surface area contributed by atoms with Crippen LogP contribution in [0.1, 0.15) is 26.3 Å². The lowest BCUT2D eigenvalue weighted by molar-refractivity contribution is -0.167. The molecule has 0 spiro atoms. The minimum Gasteiger partial charge on any atom is -0.481 e. The summed E-state index contributed by atoms with van der Waals surface area (Å²) in [5.41, 5.74) is 6.25. The monoisotopic (exact) mass is 335 g/mol. The Hall–Kier alpha value is -1.92. The molecular formula is C17H21NO4S. The van der Waals surface area contributed by atoms with Crippen LogP contribution in [0, 0.1) is 5.92 Å². The zero-order chi connectivity index (χ0) is 17.2. The van der Waals surface area contributed by atoms with Gasteiger partial charge in [-0.15, -0.1) is 11.3 Å². The van der Waals surface area contributed by atoms with E-state index in [-0.39, 0.29) is 0 Å². The van der Waals surface area contributed by atoms with Crippen LogP contribution >= 0.6 is 11.3 Å². The van der Waals surface area contributed by atoms with Crippen LogP contribution in [0.15, 0.2) is 29.6 Å². The molecule has 5 nitrogen and oxygen atoms in total. The average Bonchev–Trinajstić information content (AvgIpc) is 2.79. The topological polar surface area (TPSA) is 89.6 Å². The van der Waals surface area contributed by atoms with Crippen LogP contribution in [0.4, 0.5) is 0 Å². The second kappa shape index (κ2) is 6.68. The predicted octanol–water partition coefficient (Wildman–Crippen LogP) is 2.81. The van der Waals surface area contributed by atoms with Crippen LogP contribution in [0.25, 0.3) is 10.1 Å². The van der Waals surface area contributed by atoms with Gasteiger partial charge >= 0.3 is 11.9 Å². The number of hydrogen-bond acceptors (Lipinski definition) is 5. The van der Waals surface area contributed by atoms with Crippen molar-refractivity contribution < 1.29 is 19.4 Å². The molecule has 1 aromatic heterocycles. The van der Waals surface area contributed by atoms with Gasteiger partial charge in [0.15, 0.2) is 5.92 Å². The lowest BCUT2D eigenvalue weighted by atomic mass is 9.94. The Balaban J connectivity index is 2.20. The van der Waals surface area contributed by atoms with E-state index >= 15 is 0 Å². The number of rotatable bonds is 5. The normalized spacial score (nSPS) is 14.4. The molecule has 0 saturated heterocycles. The molecule has 2 rings (SSSR count). The van der Waals surface area contributed by atoms with E-state index in [4.69, 9.17) is 10.5 Å². The highest BCUT2D eigenvalue weighted by Gasteiger charge is 2.36. The third-order valence-corrected chi connectivity index (χ3v) is 4.38. The third-order valence-electron chi connectivity index (χ3n) is 3.37. The van der Waals surface area contributed by atoms with Gasteiger partial charge in [-0.3, -0.25) is 9.59 Å². The second-order valence-corrected chi connectivity index (χ2v) is 7.39. The fraction of sp³-hybridized carbons (Fsp3) is 0.412. The molecule has 0 saturated carbocycles. The number of carbonyl (C=O) groups is 2. The SMILES string of the molecule is CC(C)(C)OC(=O)[C@H](C(=O)O)C(N)Cc1csc2ccccc12. The van der Waals surface area contributed by atoms with Crippen molar-refractivity contribution in [3.8, 4) is 0 Å². The zero-order valence-electron chi connectivity index (χ0n) is 13.4. The number of fused-ring (bicyclic) bond motifs is 1. The Morgan fingerprint density at radius 1 is 1.30 bits per heavy atom. The number of esters is 1. The summed E-state index contributed by atoms with van der Waals surface area (Å²) >= 11 is 1.58. The standard InChI is InChI=1S/C17H21NO4S/c1-17(2,3)22-16(21)14(15(19)20)12(18)8-10-9-23-13-7-5-4-6-11(10)13/h4-7,9,12,14H,8,18H2,1-3H3,(H,19,20)/t12?,14-/m0/s1. The molecule has 0 aliphatic rings. The van der Waals surface area contributed by atoms with Gasteiger partial charge in [-0.05, 0) is 49.6 Å². The van der Waals surface area contributed by atoms with Crippen LogP contribution in [0.5, 0.6) is 0 Å². The van der Waals surface area contributed by atoms with Crippen molar-refractivity contribution >= 4 is 33.4 Å². The summed E-state index contributed by atoms with van der Waals surface area (Å²) in [6.45, 7) is 5.09. The maximum absolute atomic E-state index is 12.2. The Labute approximate surface area is 139 Å². The number of hydrogen-bond donors (Lipinski definition) is 2. The van der Waals surface area contributed by atoms with Crippen molar-refractivity contribution in [3.63, 3.8) is 0 Å². The van der Waals surface area contributed by atoms with Gasteiger partial charge in [-0.2, -0.15) is 0 Å². The first kappa shape index (κ1) is 17.4. The molecule has 0 fully saturated rings. The molecule has 124 valence electrons. The molecule has 1 heterocycles. The first-order chi connectivity index (χ1) is 10.7. The van der Waals surface area contributed by atoms with E-state index in [1.165, 1.54) is 0 Å². The van der Waals surface area contributed by atoms with Crippen molar-refractivity contribution in [1.82, 2.24) is 0 Å². The highest BCUT2D eigenvalue weighted by Crippen LogP contribution is 2.27. The number of ether oxygens (including phenoxy) is 1. The fourth-order valence-corrected chi connectivity index (χ4v) is 3.36. The summed E-state index contributed by atoms with van der Waals surface area (Å²) in [5, 5.41) is 12.4. The third kappa shape index (κ3) is 4.30. The van der Waals surface area contributed by atoms with E-state index in [0.29, 0.717) is 6.42 Å². The van der Waals surface area contributed by atoms with E-state index in [1.54, 1.807) is 32.1 Å². The Bertz CT molecular complexity index is 717. The molecule has 0 aliphatic heterocycles. The average molecular weight is 335 g/mol. The number of carboxylic acid groups (broad SMARTS) is 1. The largest absolute Gasteiger partial charge is 0.481 e. The van der Waals surface area contributed by atoms with Gasteiger partial charge < -0.3 is 15.6 Å². The maximum atomic E-state index is 12.2. The second-order valence-electron chi connectivity index (χ2n) is 6.47. The Morgan fingerprint density at radius 2 is 1.96 bits per heavy atom. The maximum Gasteiger partial charge on any atom is 0.322 e. The molecule has 2 aromatic rings. The summed E-state index contributed by atoms with van der Waals surface area (Å²) < 4.78 is 6.30. The smallest absolute Gasteiger partial charge is 0.322 e. The van der Waals surface area contributed by atoms with Crippen molar-refractivity contribution in [2.45, 2.75) is 38.8 Å². The molecule has 0 aliphatic carbocycles. The molecule has 0 bridgehead atoms. The van der Waals surface area contributed by atoms with Crippen molar-refractivity contribution in [2.24, 2.45) is 11.7 Å². The van der Waals surface area contributed by atoms with E-state index in [1.807, 2.05) is 29.6 Å². The molecule has 1 unspecified atom stereocenters. The zero-order valence-corrected chi connectivity index (χ0v) is 14.2. The Kier molecular flexibility index (Phi) is 5.06. The van der Waals surface area contributed by atoms with Crippen LogP contribution in [0.3, 0.4) is 0 Å². The van der Waals surface area contributed by atoms with Gasteiger partial charge in [0.1, 0.15) is 5.60 Å². The number of nitrogens with two attached hydrogens (primary N) is 1. The van der Waals surface area contributed by atoms with Crippen molar-refractivity contribution in [1.29, 1.82) is 0 Å². The van der Waals surface area contributed by atoms with Gasteiger partial charge in [-0.1, -0.05) is 18.2 Å². The number of thiophene rings is 1. The summed E-state index contributed by atoms with van der Waals surface area (Å²) in [7, 11) is 0. The van der Waals surface area contributed by atoms with E-state index in [0.717, 1.165) is 15.6 Å². The molecule has 0 radical (unpaired) electrons. The molecular weight excluding hydrogens is 314 g/mol. The summed E-state index contributed by atoms with van der Waals surface area (Å²) in [4.78, 5) is 23.6. The molecule has 1 aromatic carbocycles. The summed E-state index contributed by atoms with van der Waals surface area (Å²) in [6, 6.07) is 6.99. The van der Waals surface area contributed by atoms with E-state index < -0.39 is 29.5 Å². The number of carbonyl (C=O) groups excluding carboxylic acids is 1. The van der Waals surface area contributed by atoms with Crippen LogP contribution in [-0.4, -0.2) is 28.7 Å². The van der Waals surface area contributed by atoms with Gasteiger partial charge in [0.25, 0.3) is 0 Å². The van der Waals surface area contributed by atoms with Crippen molar-refractivity contribution in [2.75, 3.05) is 0 Å². The number of carboxylic acids is 1. The number of aliphatic carboxylic acids is 1. The van der Waals surface area contributed by atoms with Gasteiger partial charge in [0.05, 0.1) is 0 Å². The molecule has 23 heavy (non-hydrogen) atoms. The lowest BCUT2D eigenvalue weighted by Crippen LogP contribution is -2.45. The fourth-order valence-electron chi connectivity index (χ4n) is 2.39. The summed E-state index contributed by atoms with van der Waals surface area (Å²) in [6.07, 6.45) is 0.306. The minimum absolute atomic E-state index is 0.306. The van der Waals surface area contributed by atoms with Gasteiger partial charge in [0.2, 0.25) is 0 Å². The quantitative estimate of drug-likeness (QED) is 0.648. The van der Waals surface area contributed by atoms with Gasteiger partial charge in [0, 0.05) is 10.7 Å². The van der Waals surface area contributed by atoms with Crippen LogP contribution < -0.4 is 5.73 Å². The van der Waals surface area contributed by atoms with Crippen molar-refractivity contribution in [3.05, 3.63) is 35.2 Å². The number of benzene rings is 1.